The Kier molecular flexibility index (Phi) is 4.29. The summed E-state index contributed by atoms with van der Waals surface area (Å²) in [4.78, 5) is 22.9. The van der Waals surface area contributed by atoms with Crippen molar-refractivity contribution in [3.8, 4) is 0 Å². The fraction of sp³-hybridized carbons (Fsp3) is 0.231. The van der Waals surface area contributed by atoms with Crippen molar-refractivity contribution >= 4 is 33.1 Å². The monoisotopic (exact) mass is 338 g/mol. The summed E-state index contributed by atoms with van der Waals surface area (Å²) in [5.41, 5.74) is 0.208. The Morgan fingerprint density at radius 2 is 2.05 bits per heavy atom. The summed E-state index contributed by atoms with van der Waals surface area (Å²) in [6.07, 6.45) is 1.86. The first-order valence-electron chi connectivity index (χ1n) is 5.94. The number of nitrogens with zero attached hydrogens (tertiary/aromatic N) is 2. The molecule has 2 rings (SSSR count). The summed E-state index contributed by atoms with van der Waals surface area (Å²) in [5.74, 6) is -0.503. The fourth-order valence-electron chi connectivity index (χ4n) is 2.13. The molecule has 0 heterocycles. The topological polar surface area (TPSA) is 92.8 Å². The van der Waals surface area contributed by atoms with Gasteiger partial charge in [-0.15, -0.1) is 0 Å². The van der Waals surface area contributed by atoms with Gasteiger partial charge >= 0.3 is 0 Å². The molecule has 0 aliphatic heterocycles. The molecule has 1 aromatic carbocycles. The van der Waals surface area contributed by atoms with Crippen LogP contribution >= 0.6 is 15.9 Å². The number of allylic oxidation sites excluding steroid dienone is 2. The van der Waals surface area contributed by atoms with E-state index in [1.807, 2.05) is 0 Å². The van der Waals surface area contributed by atoms with Crippen LogP contribution in [-0.4, -0.2) is 21.6 Å². The molecule has 1 aromatic rings. The third-order valence-corrected chi connectivity index (χ3v) is 3.86. The third-order valence-electron chi connectivity index (χ3n) is 3.06. The number of para-hydroxylation sites is 1. The van der Waals surface area contributed by atoms with Crippen molar-refractivity contribution in [2.75, 3.05) is 0 Å². The van der Waals surface area contributed by atoms with Crippen molar-refractivity contribution in [1.82, 2.24) is 0 Å². The van der Waals surface area contributed by atoms with Gasteiger partial charge in [-0.3, -0.25) is 14.9 Å². The Bertz CT molecular complexity index is 637. The van der Waals surface area contributed by atoms with E-state index in [-0.39, 0.29) is 22.5 Å². The van der Waals surface area contributed by atoms with Gasteiger partial charge in [-0.25, -0.2) is 0 Å². The number of nitro groups is 1. The van der Waals surface area contributed by atoms with Crippen LogP contribution in [0, 0.1) is 10.1 Å². The minimum absolute atomic E-state index is 0.00694. The number of carbonyl (C=O) groups excluding carboxylic acids is 1. The minimum atomic E-state index is -0.597. The standard InChI is InChI=1S/C13H11BrN2O4/c14-9-5-3-6-10(15-18)12(9)13(17)8-4-1-2-7-11(8)16(19)20/h1-2,4,7,18H,3,5-6H2/b15-10+. The molecule has 0 saturated heterocycles. The average molecular weight is 339 g/mol. The lowest BCUT2D eigenvalue weighted by molar-refractivity contribution is -0.385. The molecule has 0 atom stereocenters. The highest BCUT2D eigenvalue weighted by atomic mass is 79.9. The molecule has 0 aromatic heterocycles. The van der Waals surface area contributed by atoms with Crippen LogP contribution in [0.5, 0.6) is 0 Å². The maximum absolute atomic E-state index is 12.5. The Morgan fingerprint density at radius 3 is 2.70 bits per heavy atom. The first-order chi connectivity index (χ1) is 9.56. The highest BCUT2D eigenvalue weighted by Crippen LogP contribution is 2.31. The molecular weight excluding hydrogens is 328 g/mol. The van der Waals surface area contributed by atoms with Gasteiger partial charge < -0.3 is 5.21 Å². The summed E-state index contributed by atoms with van der Waals surface area (Å²) >= 11 is 3.29. The highest BCUT2D eigenvalue weighted by molar-refractivity contribution is 9.11. The average Bonchev–Trinajstić information content (AvgIpc) is 2.46. The van der Waals surface area contributed by atoms with E-state index in [1.54, 1.807) is 6.07 Å². The molecule has 0 radical (unpaired) electrons. The van der Waals surface area contributed by atoms with Crippen molar-refractivity contribution in [3.05, 3.63) is 50.0 Å². The van der Waals surface area contributed by atoms with E-state index in [0.717, 1.165) is 6.42 Å². The van der Waals surface area contributed by atoms with E-state index in [0.29, 0.717) is 17.3 Å². The van der Waals surface area contributed by atoms with Crippen LogP contribution in [0.2, 0.25) is 0 Å². The number of nitro benzene ring substituents is 1. The molecule has 6 nitrogen and oxygen atoms in total. The van der Waals surface area contributed by atoms with Crippen LogP contribution < -0.4 is 0 Å². The molecule has 0 bridgehead atoms. The first-order valence-corrected chi connectivity index (χ1v) is 6.73. The lowest BCUT2D eigenvalue weighted by atomic mass is 9.90. The van der Waals surface area contributed by atoms with E-state index in [1.165, 1.54) is 18.2 Å². The minimum Gasteiger partial charge on any atom is -0.411 e. The zero-order valence-corrected chi connectivity index (χ0v) is 12.0. The third kappa shape index (κ3) is 2.62. The molecule has 20 heavy (non-hydrogen) atoms. The molecule has 1 aliphatic rings. The van der Waals surface area contributed by atoms with Gasteiger partial charge in [0.15, 0.2) is 0 Å². The van der Waals surface area contributed by atoms with Crippen LogP contribution in [-0.2, 0) is 0 Å². The highest BCUT2D eigenvalue weighted by Gasteiger charge is 2.29. The molecule has 0 amide bonds. The number of benzene rings is 1. The number of ketones is 1. The van der Waals surface area contributed by atoms with Gasteiger partial charge in [0.2, 0.25) is 5.78 Å². The van der Waals surface area contributed by atoms with E-state index in [4.69, 9.17) is 5.21 Å². The number of carbonyl (C=O) groups is 1. The first kappa shape index (κ1) is 14.4. The number of rotatable bonds is 3. The normalized spacial score (nSPS) is 17.4. The van der Waals surface area contributed by atoms with Gasteiger partial charge in [0.25, 0.3) is 5.69 Å². The van der Waals surface area contributed by atoms with E-state index in [2.05, 4.69) is 21.1 Å². The molecule has 0 unspecified atom stereocenters. The molecule has 0 spiro atoms. The smallest absolute Gasteiger partial charge is 0.280 e. The summed E-state index contributed by atoms with van der Waals surface area (Å²) in [7, 11) is 0. The Balaban J connectivity index is 2.54. The summed E-state index contributed by atoms with van der Waals surface area (Å²) < 4.78 is 0.611. The molecule has 7 heteroatoms. The molecule has 1 N–H and O–H groups in total. The van der Waals surface area contributed by atoms with Crippen molar-refractivity contribution in [2.45, 2.75) is 19.3 Å². The maximum Gasteiger partial charge on any atom is 0.280 e. The van der Waals surface area contributed by atoms with Gasteiger partial charge in [0.1, 0.15) is 5.56 Å². The number of halogens is 1. The zero-order chi connectivity index (χ0) is 14.7. The fourth-order valence-corrected chi connectivity index (χ4v) is 2.82. The largest absolute Gasteiger partial charge is 0.411 e. The van der Waals surface area contributed by atoms with Crippen molar-refractivity contribution in [3.63, 3.8) is 0 Å². The van der Waals surface area contributed by atoms with Crippen LogP contribution in [0.1, 0.15) is 29.6 Å². The van der Waals surface area contributed by atoms with E-state index < -0.39 is 10.7 Å². The van der Waals surface area contributed by atoms with Crippen molar-refractivity contribution in [2.24, 2.45) is 5.16 Å². The summed E-state index contributed by atoms with van der Waals surface area (Å²) in [5, 5.41) is 23.1. The SMILES string of the molecule is O=C(C1=C(Br)CCC/C1=N\O)c1ccccc1[N+](=O)[O-]. The number of Topliss-reactive ketones (excluding diaryl/α,β-unsaturated/α-hetero) is 1. The molecule has 104 valence electrons. The summed E-state index contributed by atoms with van der Waals surface area (Å²) in [6.45, 7) is 0. The molecular formula is C13H11BrN2O4. The van der Waals surface area contributed by atoms with Crippen LogP contribution in [0.4, 0.5) is 5.69 Å². The Labute approximate surface area is 123 Å². The van der Waals surface area contributed by atoms with Crippen LogP contribution in [0.25, 0.3) is 0 Å². The second kappa shape index (κ2) is 5.96. The van der Waals surface area contributed by atoms with E-state index in [9.17, 15) is 14.9 Å². The van der Waals surface area contributed by atoms with Crippen molar-refractivity contribution < 1.29 is 14.9 Å². The van der Waals surface area contributed by atoms with Crippen LogP contribution in [0.15, 0.2) is 39.5 Å². The lowest BCUT2D eigenvalue weighted by Crippen LogP contribution is -2.19. The van der Waals surface area contributed by atoms with E-state index >= 15 is 0 Å². The number of oxime groups is 1. The quantitative estimate of drug-likeness (QED) is 0.395. The molecule has 0 saturated carbocycles. The lowest BCUT2D eigenvalue weighted by Gasteiger charge is -2.16. The Hall–Kier alpha value is -2.02. The second-order valence-electron chi connectivity index (χ2n) is 4.28. The molecule has 1 aliphatic carbocycles. The second-order valence-corrected chi connectivity index (χ2v) is 5.24. The zero-order valence-electron chi connectivity index (χ0n) is 10.4. The Morgan fingerprint density at radius 1 is 1.35 bits per heavy atom. The van der Waals surface area contributed by atoms with Crippen molar-refractivity contribution in [1.29, 1.82) is 0 Å². The van der Waals surface area contributed by atoms with Gasteiger partial charge in [-0.2, -0.15) is 0 Å². The van der Waals surface area contributed by atoms with Gasteiger partial charge in [-0.1, -0.05) is 33.2 Å². The maximum atomic E-state index is 12.5. The van der Waals surface area contributed by atoms with Gasteiger partial charge in [0, 0.05) is 10.5 Å². The van der Waals surface area contributed by atoms with Crippen LogP contribution in [0.3, 0.4) is 0 Å². The number of hydrogen-bond donors (Lipinski definition) is 1. The predicted octanol–water partition coefficient (Wildman–Crippen LogP) is 3.44. The van der Waals surface area contributed by atoms with Gasteiger partial charge in [0.05, 0.1) is 16.2 Å². The van der Waals surface area contributed by atoms with Gasteiger partial charge in [-0.05, 0) is 25.3 Å². The summed E-state index contributed by atoms with van der Waals surface area (Å²) in [6, 6.07) is 5.74. The predicted molar refractivity (Wildman–Crippen MR) is 76.5 cm³/mol. The molecule has 0 fully saturated rings. The number of hydrogen-bond acceptors (Lipinski definition) is 5.